The van der Waals surface area contributed by atoms with Crippen LogP contribution in [0, 0.1) is 0 Å². The first kappa shape index (κ1) is 71.0. The smallest absolute Gasteiger partial charge is 0.225 e. The molecule has 3 aliphatic rings. The zero-order chi connectivity index (χ0) is 72.6. The molecule has 0 N–H and O–H groups in total. The molecule has 0 spiro atoms. The predicted molar refractivity (Wildman–Crippen MR) is 404 cm³/mol. The molecule has 0 amide bonds. The van der Waals surface area contributed by atoms with Crippen LogP contribution in [0.5, 0.6) is 51.7 Å². The Kier molecular flexibility index (Phi) is 22.7. The van der Waals surface area contributed by atoms with E-state index < -0.39 is 0 Å². The average molecular weight is 1420 g/mol. The number of anilines is 6. The first-order valence-electron chi connectivity index (χ1n) is 34.5. The normalized spacial score (nSPS) is 14.0. The number of piperazine rings is 3. The van der Waals surface area contributed by atoms with E-state index in [4.69, 9.17) is 42.6 Å². The lowest BCUT2D eigenvalue weighted by atomic mass is 10.1. The lowest BCUT2D eigenvalue weighted by Crippen LogP contribution is -2.47. The number of methoxy groups -OCH3 is 8. The maximum absolute atomic E-state index is 6.01. The van der Waals surface area contributed by atoms with Crippen LogP contribution in [0.2, 0.25) is 0 Å². The van der Waals surface area contributed by atoms with Crippen molar-refractivity contribution in [1.82, 2.24) is 59.8 Å². The Morgan fingerprint density at radius 2 is 0.648 bits per heavy atom. The molecule has 105 heavy (non-hydrogen) atoms. The summed E-state index contributed by atoms with van der Waals surface area (Å²) in [5.74, 6) is 11.2. The van der Waals surface area contributed by atoms with Crippen LogP contribution in [0.15, 0.2) is 171 Å². The summed E-state index contributed by atoms with van der Waals surface area (Å²) >= 11 is 0. The number of hydrogen-bond acceptors (Lipinski definition) is 27. The van der Waals surface area contributed by atoms with E-state index in [0.717, 1.165) is 182 Å². The van der Waals surface area contributed by atoms with Gasteiger partial charge in [-0.25, -0.2) is 59.8 Å². The van der Waals surface area contributed by atoms with Gasteiger partial charge in [0.05, 0.1) is 85.8 Å². The Bertz CT molecular complexity index is 4840. The number of ether oxygens (including phenoxy) is 9. The fourth-order valence-electron chi connectivity index (χ4n) is 13.0. The van der Waals surface area contributed by atoms with Crippen LogP contribution in [-0.2, 0) is 12.8 Å². The summed E-state index contributed by atoms with van der Waals surface area (Å²) in [6.07, 6.45) is 17.4. The van der Waals surface area contributed by atoms with Crippen molar-refractivity contribution in [3.05, 3.63) is 199 Å². The fraction of sp³-hybridized carbons (Fsp3) is 0.308. The van der Waals surface area contributed by atoms with Crippen molar-refractivity contribution in [2.24, 2.45) is 0 Å². The number of rotatable bonds is 21. The van der Waals surface area contributed by atoms with Gasteiger partial charge >= 0.3 is 0 Å². The Morgan fingerprint density at radius 3 is 1.02 bits per heavy atom. The monoisotopic (exact) mass is 1420 g/mol. The maximum atomic E-state index is 6.01. The van der Waals surface area contributed by atoms with Gasteiger partial charge in [-0.1, -0.05) is 54.6 Å². The molecular formula is C78H84N18O9. The van der Waals surface area contributed by atoms with Gasteiger partial charge in [-0.3, -0.25) is 0 Å². The summed E-state index contributed by atoms with van der Waals surface area (Å²) in [7, 11) is 13.1. The van der Waals surface area contributed by atoms with E-state index in [2.05, 4.69) is 107 Å². The second-order valence-electron chi connectivity index (χ2n) is 24.9. The highest BCUT2D eigenvalue weighted by atomic mass is 16.5. The van der Waals surface area contributed by atoms with Crippen molar-refractivity contribution in [1.29, 1.82) is 0 Å². The van der Waals surface area contributed by atoms with Gasteiger partial charge in [0.1, 0.15) is 54.0 Å². The lowest BCUT2D eigenvalue weighted by Gasteiger charge is -2.35. The van der Waals surface area contributed by atoms with Gasteiger partial charge in [-0.2, -0.15) is 0 Å². The fourth-order valence-corrected chi connectivity index (χ4v) is 13.0. The summed E-state index contributed by atoms with van der Waals surface area (Å²) in [5, 5.41) is 2.82. The quantitative estimate of drug-likeness (QED) is 0.0647. The summed E-state index contributed by atoms with van der Waals surface area (Å²) < 4.78 is 49.3. The number of benzene rings is 6. The second-order valence-corrected chi connectivity index (χ2v) is 24.9. The molecule has 3 aliphatic heterocycles. The highest BCUT2D eigenvalue weighted by molar-refractivity contribution is 5.94. The van der Waals surface area contributed by atoms with Gasteiger partial charge < -0.3 is 72.0 Å². The van der Waals surface area contributed by atoms with E-state index in [1.54, 1.807) is 88.3 Å². The SMILES string of the molecule is COc1cc2ncnc(N3CCN(c4ncc(O[C@H](C)c5ccccc5)cn4)CC3)c2cc1OC.COc1ccc(Cc2cnc(N3CCN(c4ncnc5cc(OC)c(OC)cc45)CC3)nc2)cc1.COc1cccc(Cc2cnc(N3CCN(c4ncnc5cc(OC)c(OC)cc45)CC3)nc2)c1. The Labute approximate surface area is 609 Å². The van der Waals surface area contributed by atoms with Crippen molar-refractivity contribution in [2.45, 2.75) is 25.9 Å². The third-order valence-electron chi connectivity index (χ3n) is 18.6. The molecule has 3 saturated heterocycles. The zero-order valence-corrected chi connectivity index (χ0v) is 60.4. The second kappa shape index (κ2) is 33.6. The molecule has 1 atom stereocenters. The Hall–Kier alpha value is -12.4. The molecular weight excluding hydrogens is 1330 g/mol. The highest BCUT2D eigenvalue weighted by Gasteiger charge is 2.27. The topological polar surface area (TPSA) is 257 Å². The predicted octanol–water partition coefficient (Wildman–Crippen LogP) is 10.6. The van der Waals surface area contributed by atoms with Crippen molar-refractivity contribution in [3.8, 4) is 51.7 Å². The van der Waals surface area contributed by atoms with E-state index in [0.29, 0.717) is 46.2 Å². The van der Waals surface area contributed by atoms with Gasteiger partial charge in [0, 0.05) is 151 Å². The van der Waals surface area contributed by atoms with Gasteiger partial charge in [-0.05, 0) is 77.2 Å². The van der Waals surface area contributed by atoms with E-state index in [9.17, 15) is 0 Å². The Balaban J connectivity index is 0.000000140. The molecule has 6 aromatic heterocycles. The number of nitrogens with zero attached hydrogens (tertiary/aromatic N) is 18. The van der Waals surface area contributed by atoms with E-state index >= 15 is 0 Å². The van der Waals surface area contributed by atoms with Crippen molar-refractivity contribution >= 4 is 68.0 Å². The summed E-state index contributed by atoms with van der Waals surface area (Å²) in [6, 6.07) is 37.7. The molecule has 6 aromatic carbocycles. The maximum Gasteiger partial charge on any atom is 0.225 e. The molecule has 0 aliphatic carbocycles. The zero-order valence-electron chi connectivity index (χ0n) is 60.4. The van der Waals surface area contributed by atoms with E-state index in [-0.39, 0.29) is 6.10 Å². The van der Waals surface area contributed by atoms with Crippen LogP contribution < -0.4 is 72.0 Å². The summed E-state index contributed by atoms with van der Waals surface area (Å²) in [5.41, 5.74) is 8.09. The molecule has 0 bridgehead atoms. The van der Waals surface area contributed by atoms with Crippen molar-refractivity contribution < 1.29 is 42.6 Å². The van der Waals surface area contributed by atoms with Crippen LogP contribution in [0.1, 0.15) is 40.8 Å². The van der Waals surface area contributed by atoms with Gasteiger partial charge in [0.2, 0.25) is 17.8 Å². The molecule has 3 fully saturated rings. The third-order valence-corrected chi connectivity index (χ3v) is 18.6. The van der Waals surface area contributed by atoms with Gasteiger partial charge in [0.25, 0.3) is 0 Å². The standard InChI is InChI=1S/3C26H28N6O3/c1-33-20-6-4-18(5-7-20)12-19-15-27-26(28-16-19)32-10-8-31(9-11-32)25-21-13-23(34-2)24(35-3)14-22(21)29-17-30-25;1-33-20-6-4-5-18(12-20)11-19-15-27-26(28-16-19)32-9-7-31(8-10-32)25-21-13-23(34-2)24(35-3)14-22(21)29-17-30-25;1-18(19-7-5-4-6-8-19)35-20-15-27-26(28-16-20)32-11-9-31(10-12-32)25-21-13-23(33-2)24(34-3)14-22(21)29-17-30-25/h4-7,13-17H,8-12H2,1-3H3;4-6,12-17H,7-11H2,1-3H3;4-8,13-18H,9-12H2,1-3H3/t;;18-/m..1/s1. The van der Waals surface area contributed by atoms with Crippen LogP contribution in [0.25, 0.3) is 32.7 Å². The molecule has 0 saturated carbocycles. The molecule has 9 heterocycles. The van der Waals surface area contributed by atoms with E-state index in [1.807, 2.05) is 129 Å². The highest BCUT2D eigenvalue weighted by Crippen LogP contribution is 2.39. The van der Waals surface area contributed by atoms with Crippen molar-refractivity contribution in [2.75, 3.05) is 165 Å². The number of aromatic nitrogens is 12. The minimum absolute atomic E-state index is 0.0736. The molecule has 27 heteroatoms. The first-order chi connectivity index (χ1) is 51.5. The van der Waals surface area contributed by atoms with Crippen LogP contribution in [0.4, 0.5) is 35.3 Å². The Morgan fingerprint density at radius 1 is 0.295 bits per heavy atom. The van der Waals surface area contributed by atoms with Gasteiger partial charge in [-0.15, -0.1) is 0 Å². The van der Waals surface area contributed by atoms with Crippen molar-refractivity contribution in [3.63, 3.8) is 0 Å². The molecule has 12 aromatic rings. The number of hydrogen-bond donors (Lipinski definition) is 0. The molecule has 540 valence electrons. The van der Waals surface area contributed by atoms with E-state index in [1.165, 1.54) is 11.1 Å². The molecule has 0 unspecified atom stereocenters. The van der Waals surface area contributed by atoms with Crippen LogP contribution in [0.3, 0.4) is 0 Å². The minimum atomic E-state index is -0.0736. The van der Waals surface area contributed by atoms with Crippen LogP contribution >= 0.6 is 0 Å². The third kappa shape index (κ3) is 16.7. The molecule has 15 rings (SSSR count). The first-order valence-corrected chi connectivity index (χ1v) is 34.5. The average Bonchev–Trinajstić information content (AvgIpc) is 0.791. The molecule has 27 nitrogen and oxygen atoms in total. The van der Waals surface area contributed by atoms with Crippen LogP contribution in [-0.4, -0.2) is 195 Å². The summed E-state index contributed by atoms with van der Waals surface area (Å²) in [6.45, 7) is 11.6. The number of fused-ring (bicyclic) bond motifs is 3. The molecule has 0 radical (unpaired) electrons. The lowest BCUT2D eigenvalue weighted by molar-refractivity contribution is 0.225. The minimum Gasteiger partial charge on any atom is -0.497 e. The largest absolute Gasteiger partial charge is 0.497 e. The summed E-state index contributed by atoms with van der Waals surface area (Å²) in [4.78, 5) is 68.0. The van der Waals surface area contributed by atoms with Gasteiger partial charge in [0.15, 0.2) is 40.2 Å².